The number of hydrogen-bond donors (Lipinski definition) is 1. The highest BCUT2D eigenvalue weighted by Crippen LogP contribution is 2.25. The van der Waals surface area contributed by atoms with E-state index in [2.05, 4.69) is 11.4 Å². The number of sulfonamides is 1. The third-order valence-electron chi connectivity index (χ3n) is 5.09. The monoisotopic (exact) mass is 386 g/mol. The first-order valence-electron chi connectivity index (χ1n) is 9.21. The molecule has 0 aliphatic carbocycles. The van der Waals surface area contributed by atoms with Crippen LogP contribution in [-0.4, -0.2) is 38.0 Å². The van der Waals surface area contributed by atoms with Crippen LogP contribution in [-0.2, 0) is 14.8 Å². The number of amides is 1. The van der Waals surface area contributed by atoms with Gasteiger partial charge in [0.05, 0.1) is 12.3 Å². The number of hydrogen-bond acceptors (Lipinski definition) is 3. The Labute approximate surface area is 161 Å². The van der Waals surface area contributed by atoms with Crippen molar-refractivity contribution in [2.24, 2.45) is 5.92 Å². The molecule has 0 aromatic heterocycles. The minimum atomic E-state index is -3.19. The molecule has 0 spiro atoms. The average molecular weight is 387 g/mol. The third-order valence-corrected chi connectivity index (χ3v) is 6.39. The Morgan fingerprint density at radius 2 is 1.67 bits per heavy atom. The van der Waals surface area contributed by atoms with Gasteiger partial charge in [0.25, 0.3) is 0 Å². The van der Waals surface area contributed by atoms with Crippen LogP contribution in [0.5, 0.6) is 0 Å². The quantitative estimate of drug-likeness (QED) is 0.859. The average Bonchev–Trinajstić information content (AvgIpc) is 2.66. The van der Waals surface area contributed by atoms with E-state index in [4.69, 9.17) is 0 Å². The number of carbonyl (C=O) groups is 1. The van der Waals surface area contributed by atoms with E-state index in [1.54, 1.807) is 0 Å². The van der Waals surface area contributed by atoms with Gasteiger partial charge in [-0.15, -0.1) is 0 Å². The lowest BCUT2D eigenvalue weighted by Gasteiger charge is -2.31. The molecule has 1 aliphatic heterocycles. The van der Waals surface area contributed by atoms with E-state index < -0.39 is 10.0 Å². The summed E-state index contributed by atoms with van der Waals surface area (Å²) in [6.45, 7) is 2.84. The lowest BCUT2D eigenvalue weighted by Crippen LogP contribution is -2.43. The van der Waals surface area contributed by atoms with Crippen molar-refractivity contribution in [2.45, 2.75) is 25.8 Å². The number of carbonyl (C=O) groups excluding carboxylic acids is 1. The standard InChI is InChI=1S/C21H26N2O3S/c1-16-7-6-10-19(15-16)20(17-8-4-3-5-9-17)22-21(24)18-11-13-23(14-12-18)27(2,25)26/h3-10,15,18,20H,11-14H2,1-2H3,(H,22,24)/t20-/m0/s1. The van der Waals surface area contributed by atoms with Gasteiger partial charge in [0.15, 0.2) is 0 Å². The zero-order valence-corrected chi connectivity index (χ0v) is 16.6. The van der Waals surface area contributed by atoms with Crippen LogP contribution >= 0.6 is 0 Å². The normalized spacial score (nSPS) is 17.4. The highest BCUT2D eigenvalue weighted by atomic mass is 32.2. The van der Waals surface area contributed by atoms with E-state index in [-0.39, 0.29) is 17.9 Å². The zero-order valence-electron chi connectivity index (χ0n) is 15.8. The molecular weight excluding hydrogens is 360 g/mol. The zero-order chi connectivity index (χ0) is 19.4. The molecule has 5 nitrogen and oxygen atoms in total. The van der Waals surface area contributed by atoms with Gasteiger partial charge in [0.2, 0.25) is 15.9 Å². The smallest absolute Gasteiger partial charge is 0.223 e. The van der Waals surface area contributed by atoms with Crippen LogP contribution in [0.4, 0.5) is 0 Å². The summed E-state index contributed by atoms with van der Waals surface area (Å²) in [5, 5.41) is 3.19. The van der Waals surface area contributed by atoms with Crippen LogP contribution in [0.2, 0.25) is 0 Å². The van der Waals surface area contributed by atoms with Gasteiger partial charge in [-0.2, -0.15) is 0 Å². The van der Waals surface area contributed by atoms with Crippen molar-refractivity contribution in [2.75, 3.05) is 19.3 Å². The molecule has 0 saturated carbocycles. The molecule has 6 heteroatoms. The number of rotatable bonds is 5. The molecule has 1 N–H and O–H groups in total. The van der Waals surface area contributed by atoms with Crippen LogP contribution in [0, 0.1) is 12.8 Å². The Morgan fingerprint density at radius 1 is 1.04 bits per heavy atom. The van der Waals surface area contributed by atoms with Gasteiger partial charge in [-0.05, 0) is 30.9 Å². The number of aryl methyl sites for hydroxylation is 1. The molecule has 0 radical (unpaired) electrons. The Hall–Kier alpha value is -2.18. The second-order valence-corrected chi connectivity index (χ2v) is 9.19. The lowest BCUT2D eigenvalue weighted by molar-refractivity contribution is -0.126. The van der Waals surface area contributed by atoms with E-state index in [0.29, 0.717) is 25.9 Å². The van der Waals surface area contributed by atoms with Gasteiger partial charge in [-0.25, -0.2) is 12.7 Å². The first-order chi connectivity index (χ1) is 12.8. The van der Waals surface area contributed by atoms with Crippen LogP contribution < -0.4 is 5.32 Å². The molecule has 2 aromatic rings. The van der Waals surface area contributed by atoms with Crippen molar-refractivity contribution in [1.29, 1.82) is 0 Å². The Bertz CT molecular complexity index is 889. The van der Waals surface area contributed by atoms with Crippen molar-refractivity contribution < 1.29 is 13.2 Å². The van der Waals surface area contributed by atoms with E-state index in [1.807, 2.05) is 55.5 Å². The molecule has 1 heterocycles. The summed E-state index contributed by atoms with van der Waals surface area (Å²) in [5.74, 6) is -0.183. The predicted molar refractivity (Wildman–Crippen MR) is 107 cm³/mol. The van der Waals surface area contributed by atoms with Crippen molar-refractivity contribution in [3.05, 3.63) is 71.3 Å². The van der Waals surface area contributed by atoms with Gasteiger partial charge < -0.3 is 5.32 Å². The maximum atomic E-state index is 12.9. The van der Waals surface area contributed by atoms with E-state index in [9.17, 15) is 13.2 Å². The molecular formula is C21H26N2O3S. The third kappa shape index (κ3) is 4.96. The fraction of sp³-hybridized carbons (Fsp3) is 0.381. The van der Waals surface area contributed by atoms with E-state index in [0.717, 1.165) is 16.7 Å². The van der Waals surface area contributed by atoms with Crippen molar-refractivity contribution in [3.8, 4) is 0 Å². The van der Waals surface area contributed by atoms with Gasteiger partial charge in [0, 0.05) is 19.0 Å². The lowest BCUT2D eigenvalue weighted by atomic mass is 9.93. The first kappa shape index (κ1) is 19.6. The summed E-state index contributed by atoms with van der Waals surface area (Å²) in [4.78, 5) is 12.9. The van der Waals surface area contributed by atoms with Crippen LogP contribution in [0.25, 0.3) is 0 Å². The maximum absolute atomic E-state index is 12.9. The first-order valence-corrected chi connectivity index (χ1v) is 11.1. The van der Waals surface area contributed by atoms with Crippen LogP contribution in [0.3, 0.4) is 0 Å². The van der Waals surface area contributed by atoms with Gasteiger partial charge >= 0.3 is 0 Å². The highest BCUT2D eigenvalue weighted by molar-refractivity contribution is 7.88. The summed E-state index contributed by atoms with van der Waals surface area (Å²) in [6.07, 6.45) is 2.32. The summed E-state index contributed by atoms with van der Waals surface area (Å²) < 4.78 is 24.8. The van der Waals surface area contributed by atoms with Crippen LogP contribution in [0.1, 0.15) is 35.6 Å². The largest absolute Gasteiger partial charge is 0.345 e. The Balaban J connectivity index is 1.76. The molecule has 3 rings (SSSR count). The Morgan fingerprint density at radius 3 is 2.26 bits per heavy atom. The van der Waals surface area contributed by atoms with Crippen molar-refractivity contribution >= 4 is 15.9 Å². The molecule has 1 fully saturated rings. The summed E-state index contributed by atoms with van der Waals surface area (Å²) >= 11 is 0. The van der Waals surface area contributed by atoms with E-state index >= 15 is 0 Å². The molecule has 1 amide bonds. The second-order valence-electron chi connectivity index (χ2n) is 7.20. The Kier molecular flexibility index (Phi) is 5.97. The molecule has 2 aromatic carbocycles. The maximum Gasteiger partial charge on any atom is 0.223 e. The number of benzene rings is 2. The molecule has 27 heavy (non-hydrogen) atoms. The minimum Gasteiger partial charge on any atom is -0.345 e. The molecule has 1 aliphatic rings. The van der Waals surface area contributed by atoms with E-state index in [1.165, 1.54) is 10.6 Å². The van der Waals surface area contributed by atoms with Crippen molar-refractivity contribution in [3.63, 3.8) is 0 Å². The van der Waals surface area contributed by atoms with Crippen LogP contribution in [0.15, 0.2) is 54.6 Å². The SMILES string of the molecule is Cc1cccc([C@@H](NC(=O)C2CCN(S(C)(=O)=O)CC2)c2ccccc2)c1. The highest BCUT2D eigenvalue weighted by Gasteiger charge is 2.30. The predicted octanol–water partition coefficient (Wildman–Crippen LogP) is 2.87. The number of piperidine rings is 1. The number of nitrogens with zero attached hydrogens (tertiary/aromatic N) is 1. The minimum absolute atomic E-state index is 0.0153. The molecule has 144 valence electrons. The second kappa shape index (κ2) is 8.23. The molecule has 1 saturated heterocycles. The topological polar surface area (TPSA) is 66.5 Å². The van der Waals surface area contributed by atoms with Gasteiger partial charge in [-0.3, -0.25) is 4.79 Å². The fourth-order valence-corrected chi connectivity index (χ4v) is 4.44. The van der Waals surface area contributed by atoms with Crippen molar-refractivity contribution in [1.82, 2.24) is 9.62 Å². The van der Waals surface area contributed by atoms with Gasteiger partial charge in [0.1, 0.15) is 0 Å². The fourth-order valence-electron chi connectivity index (χ4n) is 3.56. The molecule has 0 bridgehead atoms. The number of nitrogens with one attached hydrogen (secondary N) is 1. The summed E-state index contributed by atoms with van der Waals surface area (Å²) in [7, 11) is -3.19. The summed E-state index contributed by atoms with van der Waals surface area (Å²) in [6, 6.07) is 17.8. The molecule has 0 unspecified atom stereocenters. The molecule has 1 atom stereocenters. The summed E-state index contributed by atoms with van der Waals surface area (Å²) in [5.41, 5.74) is 3.22. The van der Waals surface area contributed by atoms with Gasteiger partial charge in [-0.1, -0.05) is 60.2 Å².